The Balaban J connectivity index is 1.05. The molecular formula is C28H31N3O3S. The molecule has 3 amide bonds. The predicted molar refractivity (Wildman–Crippen MR) is 135 cm³/mol. The van der Waals surface area contributed by atoms with Crippen molar-refractivity contribution in [2.24, 2.45) is 5.41 Å². The van der Waals surface area contributed by atoms with Crippen LogP contribution in [0.5, 0.6) is 0 Å². The van der Waals surface area contributed by atoms with Crippen molar-refractivity contribution in [1.29, 1.82) is 0 Å². The van der Waals surface area contributed by atoms with E-state index in [0.717, 1.165) is 22.8 Å². The summed E-state index contributed by atoms with van der Waals surface area (Å²) >= 11 is 1.73. The molecule has 0 aromatic heterocycles. The number of piperidine rings is 1. The van der Waals surface area contributed by atoms with Gasteiger partial charge in [0.25, 0.3) is 5.91 Å². The summed E-state index contributed by atoms with van der Waals surface area (Å²) in [6.07, 6.45) is 7.66. The lowest BCUT2D eigenvalue weighted by atomic mass is 9.54. The zero-order valence-electron chi connectivity index (χ0n) is 19.8. The summed E-state index contributed by atoms with van der Waals surface area (Å²) in [5.41, 5.74) is 4.93. The van der Waals surface area contributed by atoms with Crippen LogP contribution in [0, 0.1) is 5.41 Å². The molecule has 2 heterocycles. The molecular weight excluding hydrogens is 458 g/mol. The number of rotatable bonds is 7. The molecule has 6 nitrogen and oxygen atoms in total. The molecule has 0 radical (unpaired) electrons. The molecule has 0 bridgehead atoms. The second-order valence-corrected chi connectivity index (χ2v) is 11.6. The molecule has 2 N–H and O–H groups in total. The number of nitrogens with zero attached hydrogens (tertiary/aromatic N) is 1. The van der Waals surface area contributed by atoms with Crippen LogP contribution in [-0.2, 0) is 28.4 Å². The average molecular weight is 490 g/mol. The third-order valence-electron chi connectivity index (χ3n) is 8.32. The van der Waals surface area contributed by atoms with E-state index < -0.39 is 6.04 Å². The molecule has 2 aliphatic carbocycles. The lowest BCUT2D eigenvalue weighted by molar-refractivity contribution is -0.136. The third-order valence-corrected chi connectivity index (χ3v) is 9.50. The molecule has 4 aliphatic rings. The first kappa shape index (κ1) is 22.8. The molecule has 2 aromatic carbocycles. The van der Waals surface area contributed by atoms with E-state index in [4.69, 9.17) is 0 Å². The fourth-order valence-corrected chi connectivity index (χ4v) is 7.12. The highest BCUT2D eigenvalue weighted by Gasteiger charge is 2.47. The van der Waals surface area contributed by atoms with E-state index in [-0.39, 0.29) is 24.1 Å². The van der Waals surface area contributed by atoms with Crippen molar-refractivity contribution in [2.75, 3.05) is 0 Å². The van der Waals surface area contributed by atoms with Crippen molar-refractivity contribution in [2.45, 2.75) is 80.8 Å². The number of nitrogens with one attached hydrogen (secondary N) is 2. The summed E-state index contributed by atoms with van der Waals surface area (Å²) in [6, 6.07) is 14.7. The molecule has 6 rings (SSSR count). The number of hydrogen-bond donors (Lipinski definition) is 2. The molecule has 3 fully saturated rings. The highest BCUT2D eigenvalue weighted by molar-refractivity contribution is 7.98. The molecule has 1 unspecified atom stereocenters. The van der Waals surface area contributed by atoms with Gasteiger partial charge in [0, 0.05) is 41.8 Å². The van der Waals surface area contributed by atoms with Crippen LogP contribution >= 0.6 is 11.8 Å². The van der Waals surface area contributed by atoms with E-state index in [9.17, 15) is 14.4 Å². The fraction of sp³-hybridized carbons (Fsp3) is 0.464. The zero-order chi connectivity index (χ0) is 24.0. The number of thioether (sulfide) groups is 1. The summed E-state index contributed by atoms with van der Waals surface area (Å²) in [5.74, 6) is 0.0649. The van der Waals surface area contributed by atoms with E-state index in [1.165, 1.54) is 43.2 Å². The second-order valence-electron chi connectivity index (χ2n) is 10.6. The second kappa shape index (κ2) is 9.10. The van der Waals surface area contributed by atoms with E-state index in [1.54, 1.807) is 16.7 Å². The van der Waals surface area contributed by atoms with Gasteiger partial charge in [0.1, 0.15) is 6.04 Å². The van der Waals surface area contributed by atoms with Crippen LogP contribution in [0.25, 0.3) is 0 Å². The predicted octanol–water partition coefficient (Wildman–Crippen LogP) is 4.16. The third kappa shape index (κ3) is 4.40. The Hall–Kier alpha value is -2.64. The van der Waals surface area contributed by atoms with Crippen LogP contribution < -0.4 is 10.6 Å². The van der Waals surface area contributed by atoms with Crippen molar-refractivity contribution >= 4 is 29.5 Å². The van der Waals surface area contributed by atoms with Gasteiger partial charge in [-0.2, -0.15) is 0 Å². The number of fused-ring (bicyclic) bond motifs is 1. The van der Waals surface area contributed by atoms with Gasteiger partial charge in [-0.15, -0.1) is 11.8 Å². The van der Waals surface area contributed by atoms with Gasteiger partial charge < -0.3 is 10.2 Å². The van der Waals surface area contributed by atoms with Gasteiger partial charge in [0.15, 0.2) is 0 Å². The van der Waals surface area contributed by atoms with Gasteiger partial charge in [-0.3, -0.25) is 19.7 Å². The molecule has 182 valence electrons. The molecule has 1 saturated heterocycles. The van der Waals surface area contributed by atoms with E-state index in [2.05, 4.69) is 41.0 Å². The Bertz CT molecular complexity index is 1170. The lowest BCUT2D eigenvalue weighted by Gasteiger charge is -2.54. The molecule has 2 saturated carbocycles. The Morgan fingerprint density at radius 1 is 1.03 bits per heavy atom. The van der Waals surface area contributed by atoms with Crippen LogP contribution in [0.2, 0.25) is 0 Å². The first-order valence-corrected chi connectivity index (χ1v) is 13.7. The highest BCUT2D eigenvalue weighted by Crippen LogP contribution is 2.55. The maximum Gasteiger partial charge on any atom is 0.255 e. The normalized spacial score (nSPS) is 23.1. The molecule has 2 aliphatic heterocycles. The number of carbonyl (C=O) groups excluding carboxylic acids is 3. The average Bonchev–Trinajstić information content (AvgIpc) is 3.13. The molecule has 2 aromatic rings. The van der Waals surface area contributed by atoms with Gasteiger partial charge in [-0.05, 0) is 66.3 Å². The maximum absolute atomic E-state index is 13.0. The smallest absolute Gasteiger partial charge is 0.255 e. The monoisotopic (exact) mass is 489 g/mol. The first-order valence-electron chi connectivity index (χ1n) is 12.7. The number of hydrogen-bond acceptors (Lipinski definition) is 5. The minimum atomic E-state index is -0.578. The molecule has 1 atom stereocenters. The largest absolute Gasteiger partial charge is 0.322 e. The van der Waals surface area contributed by atoms with Crippen LogP contribution in [0.3, 0.4) is 0 Å². The summed E-state index contributed by atoms with van der Waals surface area (Å²) in [6.45, 7) is 1.34. The summed E-state index contributed by atoms with van der Waals surface area (Å²) < 4.78 is 0. The van der Waals surface area contributed by atoms with E-state index >= 15 is 0 Å². The maximum atomic E-state index is 13.0. The summed E-state index contributed by atoms with van der Waals surface area (Å²) in [7, 11) is 0. The van der Waals surface area contributed by atoms with Gasteiger partial charge in [-0.25, -0.2) is 0 Å². The SMILES string of the molecule is O=C1CCC(N2Cc3c(SCc4ccc(CNC5CC6(CCC6)C5)cc4)cccc3C2=O)C(=O)N1. The van der Waals surface area contributed by atoms with E-state index in [1.807, 2.05) is 12.1 Å². The topological polar surface area (TPSA) is 78.5 Å². The quantitative estimate of drug-likeness (QED) is 0.451. The Labute approximate surface area is 210 Å². The summed E-state index contributed by atoms with van der Waals surface area (Å²) in [5, 5.41) is 6.08. The van der Waals surface area contributed by atoms with Gasteiger partial charge >= 0.3 is 0 Å². The number of benzene rings is 2. The van der Waals surface area contributed by atoms with Crippen LogP contribution in [-0.4, -0.2) is 34.7 Å². The number of amides is 3. The van der Waals surface area contributed by atoms with Crippen LogP contribution in [0.4, 0.5) is 0 Å². The van der Waals surface area contributed by atoms with Gasteiger partial charge in [0.05, 0.1) is 0 Å². The molecule has 1 spiro atoms. The molecule has 35 heavy (non-hydrogen) atoms. The fourth-order valence-electron chi connectivity index (χ4n) is 6.08. The van der Waals surface area contributed by atoms with Crippen molar-refractivity contribution in [3.8, 4) is 0 Å². The van der Waals surface area contributed by atoms with E-state index in [0.29, 0.717) is 30.0 Å². The van der Waals surface area contributed by atoms with Gasteiger partial charge in [-0.1, -0.05) is 36.8 Å². The lowest BCUT2D eigenvalue weighted by Crippen LogP contribution is -2.52. The standard InChI is InChI=1S/C28H31N3O3S/c32-25-10-9-23(26(33)30-25)31-16-22-21(27(31)34)3-1-4-24(22)35-17-19-7-5-18(6-8-19)15-29-20-13-28(14-20)11-2-12-28/h1,3-8,20,23,29H,2,9-17H2,(H,30,32,33). The highest BCUT2D eigenvalue weighted by atomic mass is 32.2. The minimum Gasteiger partial charge on any atom is -0.322 e. The van der Waals surface area contributed by atoms with Crippen molar-refractivity contribution in [3.05, 3.63) is 64.7 Å². The number of imide groups is 1. The van der Waals surface area contributed by atoms with Crippen molar-refractivity contribution < 1.29 is 14.4 Å². The summed E-state index contributed by atoms with van der Waals surface area (Å²) in [4.78, 5) is 39.5. The van der Waals surface area contributed by atoms with Crippen molar-refractivity contribution in [1.82, 2.24) is 15.5 Å². The first-order chi connectivity index (χ1) is 17.0. The Kier molecular flexibility index (Phi) is 5.93. The Morgan fingerprint density at radius 3 is 2.51 bits per heavy atom. The van der Waals surface area contributed by atoms with Crippen LogP contribution in [0.15, 0.2) is 47.4 Å². The zero-order valence-corrected chi connectivity index (χ0v) is 20.7. The molecule has 7 heteroatoms. The van der Waals surface area contributed by atoms with Crippen LogP contribution in [0.1, 0.15) is 72.0 Å². The van der Waals surface area contributed by atoms with Crippen molar-refractivity contribution in [3.63, 3.8) is 0 Å². The Morgan fingerprint density at radius 2 is 1.80 bits per heavy atom. The van der Waals surface area contributed by atoms with Gasteiger partial charge in [0.2, 0.25) is 11.8 Å². The number of carbonyl (C=O) groups is 3. The minimum absolute atomic E-state index is 0.122.